The molecule has 0 amide bonds. The zero-order chi connectivity index (χ0) is 13.2. The minimum absolute atomic E-state index is 0.264. The molecule has 0 bridgehead atoms. The normalized spacial score (nSPS) is 18.4. The molecule has 4 nitrogen and oxygen atoms in total. The fourth-order valence-electron chi connectivity index (χ4n) is 1.56. The van der Waals surface area contributed by atoms with Crippen LogP contribution in [-0.2, 0) is 9.47 Å². The van der Waals surface area contributed by atoms with Crippen LogP contribution in [0.5, 0.6) is 0 Å². The number of hydrogen-bond donors (Lipinski definition) is 0. The summed E-state index contributed by atoms with van der Waals surface area (Å²) >= 11 is 0. The summed E-state index contributed by atoms with van der Waals surface area (Å²) in [6, 6.07) is 0. The van der Waals surface area contributed by atoms with Crippen LogP contribution in [0.2, 0.25) is 0 Å². The van der Waals surface area contributed by atoms with E-state index in [1.165, 1.54) is 0 Å². The second kappa shape index (κ2) is 8.67. The van der Waals surface area contributed by atoms with Crippen molar-refractivity contribution >= 4 is 5.71 Å². The fourth-order valence-corrected chi connectivity index (χ4v) is 1.56. The summed E-state index contributed by atoms with van der Waals surface area (Å²) in [6.45, 7) is 5.59. The van der Waals surface area contributed by atoms with E-state index in [1.807, 2.05) is 12.2 Å². The van der Waals surface area contributed by atoms with Gasteiger partial charge in [-0.05, 0) is 25.0 Å². The fraction of sp³-hybridized carbons (Fsp3) is 0.643. The van der Waals surface area contributed by atoms with Crippen molar-refractivity contribution in [2.24, 2.45) is 0 Å². The Kier molecular flexibility index (Phi) is 7.07. The van der Waals surface area contributed by atoms with Crippen molar-refractivity contribution in [1.82, 2.24) is 0 Å². The van der Waals surface area contributed by atoms with E-state index in [9.17, 15) is 0 Å². The van der Waals surface area contributed by atoms with Crippen LogP contribution in [0.3, 0.4) is 0 Å². The molecule has 1 atom stereocenters. The van der Waals surface area contributed by atoms with Gasteiger partial charge in [0.05, 0.1) is 12.7 Å². The van der Waals surface area contributed by atoms with Gasteiger partial charge < -0.3 is 15.0 Å². The highest BCUT2D eigenvalue weighted by molar-refractivity contribution is 5.97. The van der Waals surface area contributed by atoms with Gasteiger partial charge in [-0.3, -0.25) is 0 Å². The van der Waals surface area contributed by atoms with Gasteiger partial charge in [0.2, 0.25) is 0 Å². The number of unbranched alkanes of at least 4 members (excludes halogenated alkanes) is 2. The van der Waals surface area contributed by atoms with Gasteiger partial charge in [0.1, 0.15) is 5.76 Å². The van der Waals surface area contributed by atoms with Crippen molar-refractivity contribution in [2.75, 3.05) is 13.2 Å². The zero-order valence-corrected chi connectivity index (χ0v) is 11.3. The van der Waals surface area contributed by atoms with Gasteiger partial charge in [-0.25, -0.2) is 0 Å². The van der Waals surface area contributed by atoms with E-state index in [4.69, 9.17) is 15.0 Å². The second-order valence-corrected chi connectivity index (χ2v) is 4.28. The standard InChI is InChI=1S/C14H22N2O2/c1-3-5-9-17-12-7-8-14(13(11-12)16-15)18-10-6-4-2/h7-8,11,14H,3-6,9-10H2,1-2H3. The van der Waals surface area contributed by atoms with Crippen LogP contribution < -0.4 is 0 Å². The molecule has 0 heterocycles. The summed E-state index contributed by atoms with van der Waals surface area (Å²) in [5.41, 5.74) is 9.48. The highest BCUT2D eigenvalue weighted by atomic mass is 16.5. The first-order valence-electron chi connectivity index (χ1n) is 6.68. The quantitative estimate of drug-likeness (QED) is 0.377. The maximum absolute atomic E-state index is 8.98. The number of rotatable bonds is 8. The monoisotopic (exact) mass is 250 g/mol. The molecule has 0 aromatic rings. The molecular weight excluding hydrogens is 228 g/mol. The van der Waals surface area contributed by atoms with Gasteiger partial charge in [0.25, 0.3) is 0 Å². The van der Waals surface area contributed by atoms with Gasteiger partial charge in [-0.1, -0.05) is 26.7 Å². The molecular formula is C14H22N2O2. The molecule has 1 aliphatic carbocycles. The average Bonchev–Trinajstić information content (AvgIpc) is 2.40. The first kappa shape index (κ1) is 14.7. The SMILES string of the molecule is CCCCOC1=CC(=[N+]=[N-])C(OCCCC)C=C1. The minimum atomic E-state index is -0.264. The van der Waals surface area contributed by atoms with Crippen molar-refractivity contribution in [3.05, 3.63) is 29.5 Å². The summed E-state index contributed by atoms with van der Waals surface area (Å²) < 4.78 is 11.2. The van der Waals surface area contributed by atoms with E-state index in [2.05, 4.69) is 18.6 Å². The summed E-state index contributed by atoms with van der Waals surface area (Å²) in [7, 11) is 0. The molecule has 0 saturated heterocycles. The van der Waals surface area contributed by atoms with Crippen LogP contribution in [0.4, 0.5) is 0 Å². The van der Waals surface area contributed by atoms with E-state index < -0.39 is 0 Å². The maximum Gasteiger partial charge on any atom is 0.328 e. The first-order valence-corrected chi connectivity index (χ1v) is 6.68. The van der Waals surface area contributed by atoms with Crippen LogP contribution in [0.1, 0.15) is 39.5 Å². The average molecular weight is 250 g/mol. The lowest BCUT2D eigenvalue weighted by atomic mass is 10.1. The second-order valence-electron chi connectivity index (χ2n) is 4.28. The largest absolute Gasteiger partial charge is 0.493 e. The highest BCUT2D eigenvalue weighted by Crippen LogP contribution is 2.12. The van der Waals surface area contributed by atoms with E-state index in [0.717, 1.165) is 31.4 Å². The molecule has 4 heteroatoms. The molecule has 100 valence electrons. The molecule has 0 aliphatic heterocycles. The number of allylic oxidation sites excluding steroid dienone is 1. The van der Waals surface area contributed by atoms with Crippen LogP contribution in [-0.4, -0.2) is 29.8 Å². The molecule has 18 heavy (non-hydrogen) atoms. The van der Waals surface area contributed by atoms with Crippen molar-refractivity contribution in [3.63, 3.8) is 0 Å². The molecule has 1 unspecified atom stereocenters. The van der Waals surface area contributed by atoms with Gasteiger partial charge in [-0.15, -0.1) is 0 Å². The van der Waals surface area contributed by atoms with E-state index in [0.29, 0.717) is 18.9 Å². The number of nitrogens with zero attached hydrogens (tertiary/aromatic N) is 2. The van der Waals surface area contributed by atoms with Crippen molar-refractivity contribution in [3.8, 4) is 0 Å². The summed E-state index contributed by atoms with van der Waals surface area (Å²) in [6.07, 6.45) is 9.42. The maximum atomic E-state index is 8.98. The Labute approximate surface area is 109 Å². The summed E-state index contributed by atoms with van der Waals surface area (Å²) in [5.74, 6) is 0.728. The van der Waals surface area contributed by atoms with Gasteiger partial charge in [0.15, 0.2) is 6.10 Å². The van der Waals surface area contributed by atoms with Gasteiger partial charge in [-0.2, -0.15) is 4.79 Å². The topological polar surface area (TPSA) is 54.9 Å². The predicted molar refractivity (Wildman–Crippen MR) is 71.4 cm³/mol. The van der Waals surface area contributed by atoms with E-state index >= 15 is 0 Å². The summed E-state index contributed by atoms with van der Waals surface area (Å²) in [5, 5.41) is 0. The van der Waals surface area contributed by atoms with Crippen LogP contribution in [0, 0.1) is 0 Å². The van der Waals surface area contributed by atoms with Crippen molar-refractivity contribution in [2.45, 2.75) is 45.6 Å². The molecule has 1 rings (SSSR count). The Hall–Kier alpha value is -1.38. The van der Waals surface area contributed by atoms with Gasteiger partial charge in [0, 0.05) is 6.61 Å². The third-order valence-electron chi connectivity index (χ3n) is 2.69. The number of ether oxygens (including phenoxy) is 2. The Morgan fingerprint density at radius 2 is 1.94 bits per heavy atom. The Bertz CT molecular complexity index is 355. The lowest BCUT2D eigenvalue weighted by Crippen LogP contribution is -2.25. The molecule has 0 fully saturated rings. The smallest absolute Gasteiger partial charge is 0.328 e. The molecule has 0 aromatic carbocycles. The number of hydrogen-bond acceptors (Lipinski definition) is 2. The lowest BCUT2D eigenvalue weighted by molar-refractivity contribution is -0.0232. The van der Waals surface area contributed by atoms with Crippen molar-refractivity contribution < 1.29 is 14.3 Å². The van der Waals surface area contributed by atoms with Crippen LogP contribution in [0.15, 0.2) is 24.0 Å². The lowest BCUT2D eigenvalue weighted by Gasteiger charge is -2.14. The molecule has 0 radical (unpaired) electrons. The van der Waals surface area contributed by atoms with E-state index in [1.54, 1.807) is 6.08 Å². The minimum Gasteiger partial charge on any atom is -0.493 e. The van der Waals surface area contributed by atoms with Crippen LogP contribution >= 0.6 is 0 Å². The molecule has 0 N–H and O–H groups in total. The van der Waals surface area contributed by atoms with Crippen LogP contribution in [0.25, 0.3) is 5.53 Å². The zero-order valence-electron chi connectivity index (χ0n) is 11.3. The van der Waals surface area contributed by atoms with Gasteiger partial charge >= 0.3 is 5.71 Å². The summed E-state index contributed by atoms with van der Waals surface area (Å²) in [4.78, 5) is 3.27. The highest BCUT2D eigenvalue weighted by Gasteiger charge is 2.23. The molecule has 0 aromatic heterocycles. The third-order valence-corrected chi connectivity index (χ3v) is 2.69. The molecule has 0 saturated carbocycles. The van der Waals surface area contributed by atoms with Crippen molar-refractivity contribution in [1.29, 1.82) is 0 Å². The predicted octanol–water partition coefficient (Wildman–Crippen LogP) is 3.11. The Morgan fingerprint density at radius 3 is 2.61 bits per heavy atom. The molecule has 1 aliphatic rings. The Morgan fingerprint density at radius 1 is 1.22 bits per heavy atom. The Balaban J connectivity index is 2.49. The molecule has 0 spiro atoms. The van der Waals surface area contributed by atoms with E-state index in [-0.39, 0.29) is 6.10 Å². The third kappa shape index (κ3) is 4.86. The first-order chi connectivity index (χ1) is 8.81.